The van der Waals surface area contributed by atoms with Gasteiger partial charge in [0.05, 0.1) is 22.8 Å². The van der Waals surface area contributed by atoms with E-state index in [1.165, 1.54) is 0 Å². The molecule has 6 aromatic carbocycles. The molecule has 0 radical (unpaired) electrons. The maximum absolute atomic E-state index is 5.82. The number of aliphatic imine (C=N–C) groups is 2. The molecule has 0 saturated carbocycles. The van der Waals surface area contributed by atoms with Gasteiger partial charge < -0.3 is 0 Å². The first-order valence-corrected chi connectivity index (χ1v) is 16.7. The van der Waals surface area contributed by atoms with Crippen LogP contribution >= 0.6 is 0 Å². The summed E-state index contributed by atoms with van der Waals surface area (Å²) in [5, 5.41) is 0. The highest BCUT2D eigenvalue weighted by Gasteiger charge is 2.46. The molecule has 8 rings (SSSR count). The molecule has 49 heavy (non-hydrogen) atoms. The molecular weight excluding hydrogens is 597 g/mol. The fraction of sp³-hybridized carbons (Fsp3) is 0.0889. The number of imidazole rings is 1. The van der Waals surface area contributed by atoms with Crippen LogP contribution < -0.4 is 0 Å². The normalized spacial score (nSPS) is 13.6. The summed E-state index contributed by atoms with van der Waals surface area (Å²) in [5.74, 6) is -0.400. The molecule has 0 N–H and O–H groups in total. The van der Waals surface area contributed by atoms with Gasteiger partial charge in [-0.2, -0.15) is 0 Å². The molecule has 4 nitrogen and oxygen atoms in total. The van der Waals surface area contributed by atoms with E-state index < -0.39 is 5.79 Å². The van der Waals surface area contributed by atoms with Crippen LogP contribution in [-0.2, 0) is 5.79 Å². The van der Waals surface area contributed by atoms with Crippen molar-refractivity contribution in [2.45, 2.75) is 26.6 Å². The molecule has 0 atom stereocenters. The maximum Gasteiger partial charge on any atom is 0.261 e. The van der Waals surface area contributed by atoms with Gasteiger partial charge in [-0.3, -0.25) is 4.57 Å². The molecule has 0 unspecified atom stereocenters. The van der Waals surface area contributed by atoms with Gasteiger partial charge in [0.25, 0.3) is 5.79 Å². The third kappa shape index (κ3) is 5.22. The lowest BCUT2D eigenvalue weighted by atomic mass is 9.98. The second-order valence-corrected chi connectivity index (χ2v) is 12.6. The summed E-state index contributed by atoms with van der Waals surface area (Å²) in [5.41, 5.74) is 13.1. The Hall–Kier alpha value is -6.13. The van der Waals surface area contributed by atoms with E-state index in [-0.39, 0.29) is 0 Å². The van der Waals surface area contributed by atoms with E-state index >= 15 is 0 Å². The third-order valence-corrected chi connectivity index (χ3v) is 9.35. The van der Waals surface area contributed by atoms with E-state index in [1.807, 2.05) is 18.2 Å². The predicted octanol–water partition coefficient (Wildman–Crippen LogP) is 10.5. The third-order valence-electron chi connectivity index (χ3n) is 9.35. The quantitative estimate of drug-likeness (QED) is 0.172. The summed E-state index contributed by atoms with van der Waals surface area (Å²) in [7, 11) is 0. The maximum atomic E-state index is 5.82. The van der Waals surface area contributed by atoms with Crippen molar-refractivity contribution in [2.75, 3.05) is 0 Å². The SMILES string of the molecule is Cc1ccccc1C1(n2c(-c3c(C)cccc3C)nc(-c3ccccc3)c2-c2ccccc2)N=C(c2ccccc2)C(c2ccccc2)=N1. The number of hydrogen-bond donors (Lipinski definition) is 0. The summed E-state index contributed by atoms with van der Waals surface area (Å²) < 4.78 is 2.32. The van der Waals surface area contributed by atoms with E-state index in [0.717, 1.165) is 78.7 Å². The van der Waals surface area contributed by atoms with Crippen LogP contribution in [-0.4, -0.2) is 21.0 Å². The van der Waals surface area contributed by atoms with Gasteiger partial charge in [0.2, 0.25) is 0 Å². The lowest BCUT2D eigenvalue weighted by Crippen LogP contribution is -2.32. The zero-order chi connectivity index (χ0) is 33.4. The summed E-state index contributed by atoms with van der Waals surface area (Å²) in [4.78, 5) is 17.3. The predicted molar refractivity (Wildman–Crippen MR) is 202 cm³/mol. The van der Waals surface area contributed by atoms with Crippen molar-refractivity contribution in [3.63, 3.8) is 0 Å². The zero-order valence-corrected chi connectivity index (χ0v) is 27.9. The van der Waals surface area contributed by atoms with E-state index in [9.17, 15) is 0 Å². The average Bonchev–Trinajstić information content (AvgIpc) is 3.74. The standard InChI is InChI=1S/C45H36N4/c1-31-19-16-17-30-38(31)45(47-40(34-22-8-4-9-23-34)41(48-45)35-24-10-5-11-25-35)49-43(37-28-14-7-15-29-37)42(36-26-12-6-13-27-36)46-44(49)39-32(2)20-18-21-33(39)3/h4-30H,1-3H3. The van der Waals surface area contributed by atoms with Gasteiger partial charge in [-0.1, -0.05) is 164 Å². The minimum absolute atomic E-state index is 0.825. The van der Waals surface area contributed by atoms with Crippen LogP contribution in [0.3, 0.4) is 0 Å². The Labute approximate surface area is 287 Å². The van der Waals surface area contributed by atoms with Gasteiger partial charge in [-0.05, 0) is 37.5 Å². The van der Waals surface area contributed by atoms with Gasteiger partial charge in [-0.25, -0.2) is 15.0 Å². The molecule has 0 fully saturated rings. The topological polar surface area (TPSA) is 42.5 Å². The van der Waals surface area contributed by atoms with Crippen LogP contribution in [0.2, 0.25) is 0 Å². The number of hydrogen-bond acceptors (Lipinski definition) is 3. The van der Waals surface area contributed by atoms with Crippen LogP contribution in [0.15, 0.2) is 174 Å². The smallest absolute Gasteiger partial charge is 0.261 e. The largest absolute Gasteiger partial charge is 0.275 e. The molecule has 4 heteroatoms. The second kappa shape index (κ2) is 12.5. The molecule has 0 spiro atoms. The van der Waals surface area contributed by atoms with Gasteiger partial charge in [-0.15, -0.1) is 0 Å². The number of rotatable bonds is 7. The van der Waals surface area contributed by atoms with Gasteiger partial charge in [0.15, 0.2) is 0 Å². The Morgan fingerprint density at radius 3 is 1.37 bits per heavy atom. The Kier molecular flexibility index (Phi) is 7.69. The highest BCUT2D eigenvalue weighted by molar-refractivity contribution is 6.54. The second-order valence-electron chi connectivity index (χ2n) is 12.6. The molecule has 1 aromatic heterocycles. The van der Waals surface area contributed by atoms with Crippen molar-refractivity contribution in [3.8, 4) is 33.9 Å². The van der Waals surface area contributed by atoms with Crippen LogP contribution in [0.1, 0.15) is 33.4 Å². The van der Waals surface area contributed by atoms with Crippen molar-refractivity contribution in [1.29, 1.82) is 0 Å². The van der Waals surface area contributed by atoms with E-state index in [0.29, 0.717) is 0 Å². The van der Waals surface area contributed by atoms with Crippen molar-refractivity contribution in [1.82, 2.24) is 9.55 Å². The Balaban J connectivity index is 1.60. The minimum Gasteiger partial charge on any atom is -0.275 e. The molecule has 0 saturated heterocycles. The number of nitrogens with zero attached hydrogens (tertiary/aromatic N) is 4. The summed E-state index contributed by atoms with van der Waals surface area (Å²) in [6.45, 7) is 6.48. The molecule has 0 amide bonds. The monoisotopic (exact) mass is 632 g/mol. The fourth-order valence-electron chi connectivity index (χ4n) is 7.05. The molecule has 1 aliphatic heterocycles. The highest BCUT2D eigenvalue weighted by atomic mass is 15.4. The number of aryl methyl sites for hydroxylation is 3. The Morgan fingerprint density at radius 2 is 0.857 bits per heavy atom. The lowest BCUT2D eigenvalue weighted by Gasteiger charge is -2.31. The molecule has 236 valence electrons. The fourth-order valence-corrected chi connectivity index (χ4v) is 7.05. The van der Waals surface area contributed by atoms with E-state index in [2.05, 4.69) is 171 Å². The molecule has 0 aliphatic carbocycles. The first-order valence-electron chi connectivity index (χ1n) is 16.7. The van der Waals surface area contributed by atoms with Crippen molar-refractivity contribution in [2.24, 2.45) is 9.98 Å². The first kappa shape index (κ1) is 30.2. The lowest BCUT2D eigenvalue weighted by molar-refractivity contribution is 0.406. The Bertz CT molecular complexity index is 2260. The average molecular weight is 633 g/mol. The summed E-state index contributed by atoms with van der Waals surface area (Å²) in [6.07, 6.45) is 0. The van der Waals surface area contributed by atoms with Crippen LogP contribution in [0.4, 0.5) is 0 Å². The van der Waals surface area contributed by atoms with Crippen LogP contribution in [0.25, 0.3) is 33.9 Å². The number of aromatic nitrogens is 2. The van der Waals surface area contributed by atoms with Crippen molar-refractivity contribution >= 4 is 11.4 Å². The van der Waals surface area contributed by atoms with Crippen LogP contribution in [0, 0.1) is 20.8 Å². The van der Waals surface area contributed by atoms with Gasteiger partial charge in [0.1, 0.15) is 5.82 Å². The summed E-state index contributed by atoms with van der Waals surface area (Å²) >= 11 is 0. The van der Waals surface area contributed by atoms with E-state index in [1.54, 1.807) is 0 Å². The van der Waals surface area contributed by atoms with Crippen molar-refractivity contribution < 1.29 is 0 Å². The molecule has 1 aliphatic rings. The highest BCUT2D eigenvalue weighted by Crippen LogP contribution is 2.47. The summed E-state index contributed by atoms with van der Waals surface area (Å²) in [6, 6.07) is 56.8. The number of benzene rings is 6. The van der Waals surface area contributed by atoms with Crippen LogP contribution in [0.5, 0.6) is 0 Å². The van der Waals surface area contributed by atoms with Crippen molar-refractivity contribution in [3.05, 3.63) is 197 Å². The molecular formula is C45H36N4. The van der Waals surface area contributed by atoms with E-state index in [4.69, 9.17) is 15.0 Å². The molecule has 7 aromatic rings. The molecule has 0 bridgehead atoms. The Morgan fingerprint density at radius 1 is 0.429 bits per heavy atom. The first-order chi connectivity index (χ1) is 24.0. The van der Waals surface area contributed by atoms with Gasteiger partial charge >= 0.3 is 0 Å². The van der Waals surface area contributed by atoms with Gasteiger partial charge in [0, 0.05) is 33.4 Å². The zero-order valence-electron chi connectivity index (χ0n) is 27.9. The molecule has 2 heterocycles. The minimum atomic E-state index is -1.23.